The Morgan fingerprint density at radius 2 is 1.90 bits per heavy atom. The van der Waals surface area contributed by atoms with Gasteiger partial charge in [0.2, 0.25) is 5.91 Å². The second-order valence-electron chi connectivity index (χ2n) is 5.08. The van der Waals surface area contributed by atoms with Crippen molar-refractivity contribution >= 4 is 29.3 Å². The number of amides is 1. The fraction of sp³-hybridized carbons (Fsp3) is 0.467. The highest BCUT2D eigenvalue weighted by Gasteiger charge is 2.26. The van der Waals surface area contributed by atoms with Gasteiger partial charge in [-0.2, -0.15) is 0 Å². The molecule has 0 spiro atoms. The Balaban J connectivity index is 1.78. The van der Waals surface area contributed by atoms with Gasteiger partial charge in [0.1, 0.15) is 0 Å². The lowest BCUT2D eigenvalue weighted by Gasteiger charge is -2.30. The van der Waals surface area contributed by atoms with Gasteiger partial charge >= 0.3 is 5.97 Å². The van der Waals surface area contributed by atoms with E-state index in [0.717, 1.165) is 5.69 Å². The van der Waals surface area contributed by atoms with Crippen molar-refractivity contribution in [3.8, 4) is 0 Å². The molecule has 0 bridgehead atoms. The first-order chi connectivity index (χ1) is 10.1. The molecule has 0 radical (unpaired) electrons. The Labute approximate surface area is 128 Å². The van der Waals surface area contributed by atoms with Gasteiger partial charge in [0, 0.05) is 23.7 Å². The van der Waals surface area contributed by atoms with Crippen molar-refractivity contribution < 1.29 is 14.7 Å². The molecular weight excluding hydrogens is 288 g/mol. The van der Waals surface area contributed by atoms with Crippen LogP contribution in [0.2, 0.25) is 0 Å². The molecule has 5 nitrogen and oxygen atoms in total. The zero-order chi connectivity index (χ0) is 15.2. The lowest BCUT2D eigenvalue weighted by molar-refractivity contribution is -0.145. The topological polar surface area (TPSA) is 69.6 Å². The predicted octanol–water partition coefficient (Wildman–Crippen LogP) is 2.14. The average Bonchev–Trinajstić information content (AvgIpc) is 2.53. The van der Waals surface area contributed by atoms with Gasteiger partial charge in [0.15, 0.2) is 0 Å². The average molecular weight is 308 g/mol. The van der Waals surface area contributed by atoms with Gasteiger partial charge in [0.05, 0.1) is 12.5 Å². The largest absolute Gasteiger partial charge is 0.481 e. The van der Waals surface area contributed by atoms with Gasteiger partial charge < -0.3 is 15.3 Å². The molecule has 0 atom stereocenters. The third kappa shape index (κ3) is 4.39. The number of benzene rings is 1. The number of likely N-dealkylation sites (tertiary alicyclic amines) is 1. The number of hydrogen-bond donors (Lipinski definition) is 2. The highest BCUT2D eigenvalue weighted by Crippen LogP contribution is 2.19. The summed E-state index contributed by atoms with van der Waals surface area (Å²) < 4.78 is 0. The van der Waals surface area contributed by atoms with Crippen molar-refractivity contribution in [2.24, 2.45) is 5.92 Å². The number of hydrogen-bond acceptors (Lipinski definition) is 4. The number of carboxylic acid groups (broad SMARTS) is 1. The van der Waals surface area contributed by atoms with Gasteiger partial charge in [-0.3, -0.25) is 9.59 Å². The first-order valence-electron chi connectivity index (χ1n) is 6.98. The number of nitrogens with one attached hydrogen (secondary N) is 1. The molecule has 1 heterocycles. The highest BCUT2D eigenvalue weighted by molar-refractivity contribution is 7.98. The first kappa shape index (κ1) is 15.7. The van der Waals surface area contributed by atoms with E-state index in [1.54, 1.807) is 16.7 Å². The summed E-state index contributed by atoms with van der Waals surface area (Å²) in [4.78, 5) is 25.9. The maximum Gasteiger partial charge on any atom is 0.306 e. The summed E-state index contributed by atoms with van der Waals surface area (Å²) in [7, 11) is 0. The first-order valence-corrected chi connectivity index (χ1v) is 8.21. The fourth-order valence-corrected chi connectivity index (χ4v) is 2.78. The number of carbonyl (C=O) groups excluding carboxylic acids is 1. The molecule has 114 valence electrons. The van der Waals surface area contributed by atoms with Crippen LogP contribution in [0.1, 0.15) is 12.8 Å². The summed E-state index contributed by atoms with van der Waals surface area (Å²) in [6, 6.07) is 7.93. The van der Waals surface area contributed by atoms with Crippen LogP contribution in [0, 0.1) is 5.92 Å². The molecule has 0 aromatic heterocycles. The smallest absolute Gasteiger partial charge is 0.306 e. The van der Waals surface area contributed by atoms with E-state index >= 15 is 0 Å². The number of anilines is 1. The summed E-state index contributed by atoms with van der Waals surface area (Å²) in [5.74, 6) is -1.04. The number of carbonyl (C=O) groups is 2. The van der Waals surface area contributed by atoms with E-state index in [2.05, 4.69) is 5.32 Å². The standard InChI is InChI=1S/C15H20N2O3S/c1-21-13-4-2-12(3-5-13)16-10-14(18)17-8-6-11(7-9-17)15(19)20/h2-5,11,16H,6-10H2,1H3,(H,19,20). The van der Waals surface area contributed by atoms with Gasteiger partial charge in [-0.25, -0.2) is 0 Å². The Kier molecular flexibility index (Phi) is 5.50. The lowest BCUT2D eigenvalue weighted by Crippen LogP contribution is -2.42. The number of piperidine rings is 1. The maximum atomic E-state index is 12.1. The lowest BCUT2D eigenvalue weighted by atomic mass is 9.97. The van der Waals surface area contributed by atoms with E-state index in [1.807, 2.05) is 30.5 Å². The van der Waals surface area contributed by atoms with Crippen LogP contribution in [0.25, 0.3) is 0 Å². The Bertz CT molecular complexity index is 496. The molecule has 1 aromatic carbocycles. The third-order valence-corrected chi connectivity index (χ3v) is 4.47. The van der Waals surface area contributed by atoms with E-state index in [-0.39, 0.29) is 18.4 Å². The van der Waals surface area contributed by atoms with Crippen LogP contribution in [0.3, 0.4) is 0 Å². The minimum atomic E-state index is -0.755. The highest BCUT2D eigenvalue weighted by atomic mass is 32.2. The Morgan fingerprint density at radius 3 is 2.43 bits per heavy atom. The van der Waals surface area contributed by atoms with E-state index < -0.39 is 5.97 Å². The van der Waals surface area contributed by atoms with Crippen molar-refractivity contribution in [2.45, 2.75) is 17.7 Å². The second kappa shape index (κ2) is 7.36. The molecule has 1 aliphatic rings. The minimum Gasteiger partial charge on any atom is -0.481 e. The second-order valence-corrected chi connectivity index (χ2v) is 5.96. The summed E-state index contributed by atoms with van der Waals surface area (Å²) in [6.07, 6.45) is 3.11. The van der Waals surface area contributed by atoms with Gasteiger partial charge in [-0.1, -0.05) is 0 Å². The van der Waals surface area contributed by atoms with Crippen molar-refractivity contribution in [3.63, 3.8) is 0 Å². The SMILES string of the molecule is CSc1ccc(NCC(=O)N2CCC(C(=O)O)CC2)cc1. The van der Waals surface area contributed by atoms with E-state index in [9.17, 15) is 9.59 Å². The third-order valence-electron chi connectivity index (χ3n) is 3.73. The molecule has 1 aromatic rings. The molecular formula is C15H20N2O3S. The van der Waals surface area contributed by atoms with Crippen molar-refractivity contribution in [1.29, 1.82) is 0 Å². The van der Waals surface area contributed by atoms with Gasteiger partial charge in [-0.05, 0) is 43.4 Å². The molecule has 1 saturated heterocycles. The predicted molar refractivity (Wildman–Crippen MR) is 83.7 cm³/mol. The number of aliphatic carboxylic acids is 1. The molecule has 0 saturated carbocycles. The van der Waals surface area contributed by atoms with Crippen molar-refractivity contribution in [1.82, 2.24) is 4.90 Å². The van der Waals surface area contributed by atoms with Gasteiger partial charge in [-0.15, -0.1) is 11.8 Å². The normalized spacial score (nSPS) is 15.8. The van der Waals surface area contributed by atoms with Crippen LogP contribution < -0.4 is 5.32 Å². The zero-order valence-electron chi connectivity index (χ0n) is 12.0. The zero-order valence-corrected chi connectivity index (χ0v) is 12.9. The van der Waals surface area contributed by atoms with Crippen molar-refractivity contribution in [3.05, 3.63) is 24.3 Å². The van der Waals surface area contributed by atoms with Crippen LogP contribution in [-0.2, 0) is 9.59 Å². The van der Waals surface area contributed by atoms with E-state index in [0.29, 0.717) is 25.9 Å². The van der Waals surface area contributed by atoms with Crippen molar-refractivity contribution in [2.75, 3.05) is 31.2 Å². The molecule has 2 N–H and O–H groups in total. The molecule has 21 heavy (non-hydrogen) atoms. The van der Waals surface area contributed by atoms with Crippen LogP contribution in [0.4, 0.5) is 5.69 Å². The minimum absolute atomic E-state index is 0.0211. The number of rotatable bonds is 5. The summed E-state index contributed by atoms with van der Waals surface area (Å²) in [6.45, 7) is 1.31. The molecule has 1 aliphatic heterocycles. The van der Waals surface area contributed by atoms with Crippen LogP contribution in [-0.4, -0.2) is 47.8 Å². The number of carboxylic acids is 1. The molecule has 0 aliphatic carbocycles. The molecule has 6 heteroatoms. The number of thioether (sulfide) groups is 1. The molecule has 2 rings (SSSR count). The summed E-state index contributed by atoms with van der Waals surface area (Å²) in [5.41, 5.74) is 0.918. The molecule has 1 fully saturated rings. The molecule has 0 unspecified atom stereocenters. The quantitative estimate of drug-likeness (QED) is 0.816. The fourth-order valence-electron chi connectivity index (χ4n) is 2.37. The summed E-state index contributed by atoms with van der Waals surface area (Å²) in [5, 5.41) is 12.1. The van der Waals surface area contributed by atoms with E-state index in [1.165, 1.54) is 4.90 Å². The van der Waals surface area contributed by atoms with Gasteiger partial charge in [0.25, 0.3) is 0 Å². The monoisotopic (exact) mass is 308 g/mol. The van der Waals surface area contributed by atoms with E-state index in [4.69, 9.17) is 5.11 Å². The Morgan fingerprint density at radius 1 is 1.29 bits per heavy atom. The Hall–Kier alpha value is -1.69. The number of nitrogens with zero attached hydrogens (tertiary/aromatic N) is 1. The van der Waals surface area contributed by atoms with Crippen LogP contribution in [0.15, 0.2) is 29.2 Å². The molecule has 1 amide bonds. The van der Waals surface area contributed by atoms with Crippen LogP contribution in [0.5, 0.6) is 0 Å². The maximum absolute atomic E-state index is 12.1. The van der Waals surface area contributed by atoms with Crippen LogP contribution >= 0.6 is 11.8 Å². The summed E-state index contributed by atoms with van der Waals surface area (Å²) >= 11 is 1.68.